The number of hydrogen-bond acceptors (Lipinski definition) is 4. The molecule has 1 aliphatic heterocycles. The quantitative estimate of drug-likeness (QED) is 0.898. The fourth-order valence-electron chi connectivity index (χ4n) is 2.18. The molecule has 2 heterocycles. The minimum absolute atomic E-state index is 0.0793. The van der Waals surface area contributed by atoms with Gasteiger partial charge in [0.1, 0.15) is 11.9 Å². The fourth-order valence-corrected chi connectivity index (χ4v) is 2.38. The second-order valence-corrected chi connectivity index (χ2v) is 5.24. The van der Waals surface area contributed by atoms with Crippen LogP contribution in [0.5, 0.6) is 5.75 Å². The van der Waals surface area contributed by atoms with Crippen molar-refractivity contribution in [2.45, 2.75) is 12.1 Å². The average molecular weight is 326 g/mol. The van der Waals surface area contributed by atoms with Crippen LogP contribution in [0.2, 0.25) is 5.02 Å². The largest absolute Gasteiger partial charge is 0.482 e. The first kappa shape index (κ1) is 14.8. The highest BCUT2D eigenvalue weighted by atomic mass is 35.5. The third-order valence-corrected chi connectivity index (χ3v) is 3.61. The van der Waals surface area contributed by atoms with E-state index in [1.165, 1.54) is 18.3 Å². The van der Waals surface area contributed by atoms with Crippen LogP contribution in [-0.2, 0) is 4.74 Å². The van der Waals surface area contributed by atoms with Crippen LogP contribution in [0.25, 0.3) is 0 Å². The van der Waals surface area contributed by atoms with Gasteiger partial charge in [0.05, 0.1) is 42.2 Å². The summed E-state index contributed by atoms with van der Waals surface area (Å²) in [6, 6.07) is 3.28. The molecule has 116 valence electrons. The predicted molar refractivity (Wildman–Crippen MR) is 76.5 cm³/mol. The summed E-state index contributed by atoms with van der Waals surface area (Å²) in [4.78, 5) is 12.2. The number of amides is 1. The summed E-state index contributed by atoms with van der Waals surface area (Å²) in [6.45, 7) is 0.647. The Balaban J connectivity index is 1.68. The number of aromatic nitrogens is 2. The van der Waals surface area contributed by atoms with Gasteiger partial charge in [-0.3, -0.25) is 9.89 Å². The molecule has 0 unspecified atom stereocenters. The second-order valence-electron chi connectivity index (χ2n) is 4.83. The molecule has 1 aliphatic rings. The minimum Gasteiger partial charge on any atom is -0.482 e. The molecule has 1 aromatic carbocycles. The first-order chi connectivity index (χ1) is 10.6. The summed E-state index contributed by atoms with van der Waals surface area (Å²) in [5, 5.41) is 9.36. The smallest absolute Gasteiger partial charge is 0.253 e. The van der Waals surface area contributed by atoms with Crippen LogP contribution in [0.3, 0.4) is 0 Å². The van der Waals surface area contributed by atoms with Crippen molar-refractivity contribution in [3.05, 3.63) is 47.0 Å². The lowest BCUT2D eigenvalue weighted by molar-refractivity contribution is 0.0904. The van der Waals surface area contributed by atoms with Gasteiger partial charge in [-0.15, -0.1) is 0 Å². The van der Waals surface area contributed by atoms with Crippen LogP contribution in [-0.4, -0.2) is 41.5 Å². The van der Waals surface area contributed by atoms with Crippen molar-refractivity contribution in [1.29, 1.82) is 0 Å². The van der Waals surface area contributed by atoms with E-state index in [4.69, 9.17) is 21.1 Å². The Bertz CT molecular complexity index is 665. The van der Waals surface area contributed by atoms with Gasteiger partial charge in [0.15, 0.2) is 5.75 Å². The summed E-state index contributed by atoms with van der Waals surface area (Å²) < 4.78 is 24.3. The Morgan fingerprint density at radius 1 is 1.50 bits per heavy atom. The Kier molecular flexibility index (Phi) is 4.26. The molecule has 6 nitrogen and oxygen atoms in total. The van der Waals surface area contributed by atoms with E-state index >= 15 is 0 Å². The van der Waals surface area contributed by atoms with Crippen molar-refractivity contribution in [2.24, 2.45) is 0 Å². The van der Waals surface area contributed by atoms with Gasteiger partial charge in [0.25, 0.3) is 5.91 Å². The molecule has 0 radical (unpaired) electrons. The SMILES string of the molecule is O=C(N[C@H]1COC[C@H]1Oc1cn[nH]c1)c1cc(F)ccc1Cl. The van der Waals surface area contributed by atoms with Crippen LogP contribution in [0.4, 0.5) is 4.39 Å². The van der Waals surface area contributed by atoms with Crippen molar-refractivity contribution < 1.29 is 18.7 Å². The maximum Gasteiger partial charge on any atom is 0.253 e. The normalized spacial score (nSPS) is 20.8. The minimum atomic E-state index is -0.525. The molecule has 0 spiro atoms. The number of carbonyl (C=O) groups excluding carboxylic acids is 1. The number of aromatic amines is 1. The molecule has 0 bridgehead atoms. The molecule has 3 rings (SSSR count). The molecule has 2 N–H and O–H groups in total. The molecular formula is C14H13ClFN3O3. The highest BCUT2D eigenvalue weighted by Crippen LogP contribution is 2.19. The van der Waals surface area contributed by atoms with Gasteiger partial charge >= 0.3 is 0 Å². The average Bonchev–Trinajstić information content (AvgIpc) is 3.15. The standard InChI is InChI=1S/C14H13ClFN3O3/c15-11-2-1-8(16)3-10(11)14(20)19-12-6-21-7-13(12)22-9-4-17-18-5-9/h1-5,12-13H,6-7H2,(H,17,18)(H,19,20)/t12-,13+/m0/s1. The number of carbonyl (C=O) groups is 1. The van der Waals surface area contributed by atoms with Crippen LogP contribution in [0, 0.1) is 5.82 Å². The zero-order chi connectivity index (χ0) is 15.5. The molecule has 22 heavy (non-hydrogen) atoms. The van der Waals surface area contributed by atoms with E-state index < -0.39 is 11.7 Å². The lowest BCUT2D eigenvalue weighted by Crippen LogP contribution is -2.45. The van der Waals surface area contributed by atoms with E-state index in [9.17, 15) is 9.18 Å². The maximum absolute atomic E-state index is 13.3. The highest BCUT2D eigenvalue weighted by Gasteiger charge is 2.32. The van der Waals surface area contributed by atoms with Gasteiger partial charge in [-0.25, -0.2) is 4.39 Å². The first-order valence-corrected chi connectivity index (χ1v) is 7.00. The third kappa shape index (κ3) is 3.20. The molecular weight excluding hydrogens is 313 g/mol. The molecule has 1 fully saturated rings. The molecule has 1 aromatic heterocycles. The number of hydrogen-bond donors (Lipinski definition) is 2. The van der Waals surface area contributed by atoms with Crippen molar-refractivity contribution in [2.75, 3.05) is 13.2 Å². The zero-order valence-electron chi connectivity index (χ0n) is 11.4. The molecule has 1 amide bonds. The molecule has 0 saturated carbocycles. The van der Waals surface area contributed by atoms with Crippen molar-refractivity contribution in [3.8, 4) is 5.75 Å². The van der Waals surface area contributed by atoms with Gasteiger partial charge in [0, 0.05) is 0 Å². The Hall–Kier alpha value is -2.12. The summed E-state index contributed by atoms with van der Waals surface area (Å²) in [5.74, 6) is -0.442. The van der Waals surface area contributed by atoms with Gasteiger partial charge < -0.3 is 14.8 Å². The third-order valence-electron chi connectivity index (χ3n) is 3.28. The van der Waals surface area contributed by atoms with Gasteiger partial charge in [-0.1, -0.05) is 11.6 Å². The highest BCUT2D eigenvalue weighted by molar-refractivity contribution is 6.33. The van der Waals surface area contributed by atoms with Crippen molar-refractivity contribution >= 4 is 17.5 Å². The number of nitrogens with one attached hydrogen (secondary N) is 2. The molecule has 2 atom stereocenters. The van der Waals surface area contributed by atoms with E-state index in [0.717, 1.165) is 6.07 Å². The summed E-state index contributed by atoms with van der Waals surface area (Å²) >= 11 is 5.93. The lowest BCUT2D eigenvalue weighted by atomic mass is 10.1. The summed E-state index contributed by atoms with van der Waals surface area (Å²) in [6.07, 6.45) is 2.77. The number of H-pyrrole nitrogens is 1. The van der Waals surface area contributed by atoms with Crippen LogP contribution >= 0.6 is 11.6 Å². The first-order valence-electron chi connectivity index (χ1n) is 6.62. The van der Waals surface area contributed by atoms with E-state index in [0.29, 0.717) is 19.0 Å². The number of nitrogens with zero attached hydrogens (tertiary/aromatic N) is 1. The number of ether oxygens (including phenoxy) is 2. The van der Waals surface area contributed by atoms with Crippen LogP contribution < -0.4 is 10.1 Å². The summed E-state index contributed by atoms with van der Waals surface area (Å²) in [7, 11) is 0. The van der Waals surface area contributed by atoms with E-state index in [-0.39, 0.29) is 22.7 Å². The van der Waals surface area contributed by atoms with E-state index in [2.05, 4.69) is 15.5 Å². The molecule has 8 heteroatoms. The Labute approximate surface area is 130 Å². The predicted octanol–water partition coefficient (Wildman–Crippen LogP) is 1.78. The van der Waals surface area contributed by atoms with Crippen LogP contribution in [0.15, 0.2) is 30.6 Å². The number of rotatable bonds is 4. The summed E-state index contributed by atoms with van der Waals surface area (Å²) in [5.41, 5.74) is 0.0793. The topological polar surface area (TPSA) is 76.2 Å². The van der Waals surface area contributed by atoms with E-state index in [1.54, 1.807) is 6.20 Å². The second kappa shape index (κ2) is 6.33. The van der Waals surface area contributed by atoms with Gasteiger partial charge in [-0.2, -0.15) is 5.10 Å². The zero-order valence-corrected chi connectivity index (χ0v) is 12.1. The van der Waals surface area contributed by atoms with E-state index in [1.807, 2.05) is 0 Å². The Morgan fingerprint density at radius 2 is 2.36 bits per heavy atom. The van der Waals surface area contributed by atoms with Crippen LogP contribution in [0.1, 0.15) is 10.4 Å². The molecule has 0 aliphatic carbocycles. The molecule has 1 saturated heterocycles. The number of benzene rings is 1. The van der Waals surface area contributed by atoms with Crippen molar-refractivity contribution in [1.82, 2.24) is 15.5 Å². The number of halogens is 2. The van der Waals surface area contributed by atoms with Gasteiger partial charge in [-0.05, 0) is 18.2 Å². The van der Waals surface area contributed by atoms with Crippen molar-refractivity contribution in [3.63, 3.8) is 0 Å². The maximum atomic E-state index is 13.3. The Morgan fingerprint density at radius 3 is 3.14 bits per heavy atom. The lowest BCUT2D eigenvalue weighted by Gasteiger charge is -2.19. The molecule has 2 aromatic rings. The fraction of sp³-hybridized carbons (Fsp3) is 0.286. The monoisotopic (exact) mass is 325 g/mol. The van der Waals surface area contributed by atoms with Gasteiger partial charge in [0.2, 0.25) is 0 Å².